The Bertz CT molecular complexity index is 1020. The van der Waals surface area contributed by atoms with Gasteiger partial charge in [0.25, 0.3) is 0 Å². The van der Waals surface area contributed by atoms with Crippen LogP contribution >= 0.6 is 11.6 Å². The van der Waals surface area contributed by atoms with Crippen molar-refractivity contribution in [3.63, 3.8) is 0 Å². The molecule has 0 aromatic heterocycles. The molecule has 0 bridgehead atoms. The molecule has 5 heteroatoms. The molecule has 4 nitrogen and oxygen atoms in total. The van der Waals surface area contributed by atoms with E-state index < -0.39 is 0 Å². The van der Waals surface area contributed by atoms with Crippen LogP contribution < -0.4 is 15.0 Å². The first-order valence-electron chi connectivity index (χ1n) is 11.4. The number of piperazine rings is 1. The van der Waals surface area contributed by atoms with Gasteiger partial charge in [0.05, 0.1) is 13.2 Å². The molecular weight excluding hydrogens is 420 g/mol. The van der Waals surface area contributed by atoms with E-state index >= 15 is 0 Å². The molecule has 1 atom stereocenters. The van der Waals surface area contributed by atoms with Crippen molar-refractivity contribution in [3.8, 4) is 16.9 Å². The minimum absolute atomic E-state index is 0.171. The average molecular weight is 449 g/mol. The summed E-state index contributed by atoms with van der Waals surface area (Å²) in [7, 11) is 0. The van der Waals surface area contributed by atoms with E-state index in [1.165, 1.54) is 22.4 Å². The van der Waals surface area contributed by atoms with E-state index in [0.29, 0.717) is 6.61 Å². The maximum atomic E-state index is 6.55. The highest BCUT2D eigenvalue weighted by Gasteiger charge is 2.17. The maximum Gasteiger partial charge on any atom is 0.124 e. The average Bonchev–Trinajstić information content (AvgIpc) is 3.36. The van der Waals surface area contributed by atoms with Crippen molar-refractivity contribution in [2.24, 2.45) is 0 Å². The summed E-state index contributed by atoms with van der Waals surface area (Å²) in [6, 6.07) is 23.5. The van der Waals surface area contributed by atoms with Gasteiger partial charge in [-0.25, -0.2) is 0 Å². The summed E-state index contributed by atoms with van der Waals surface area (Å²) >= 11 is 6.55. The standard InChI is InChI=1S/C27H29ClN2O2/c28-27-10-5-22(21-3-6-24(7-4-21)30-14-12-29-13-15-30)18-23(27)17-20-1-8-25(9-2-20)32-26-11-16-31-19-26/h1-10,18,26,29H,11-17,19H2/t26-/m1/s1. The van der Waals surface area contributed by atoms with Gasteiger partial charge in [0, 0.05) is 43.3 Å². The van der Waals surface area contributed by atoms with Crippen LogP contribution in [0.25, 0.3) is 11.1 Å². The van der Waals surface area contributed by atoms with Gasteiger partial charge in [-0.2, -0.15) is 0 Å². The number of halogens is 1. The smallest absolute Gasteiger partial charge is 0.124 e. The molecule has 32 heavy (non-hydrogen) atoms. The van der Waals surface area contributed by atoms with Gasteiger partial charge in [-0.3, -0.25) is 0 Å². The van der Waals surface area contributed by atoms with Crippen LogP contribution in [0.2, 0.25) is 5.02 Å². The molecular formula is C27H29ClN2O2. The predicted octanol–water partition coefficient (Wildman–Crippen LogP) is 5.18. The van der Waals surface area contributed by atoms with Crippen molar-refractivity contribution >= 4 is 17.3 Å². The van der Waals surface area contributed by atoms with Gasteiger partial charge >= 0.3 is 0 Å². The first-order valence-corrected chi connectivity index (χ1v) is 11.8. The number of hydrogen-bond acceptors (Lipinski definition) is 4. The van der Waals surface area contributed by atoms with Crippen molar-refractivity contribution in [1.82, 2.24) is 5.32 Å². The third kappa shape index (κ3) is 5.09. The SMILES string of the molecule is Clc1ccc(-c2ccc(N3CCNCC3)cc2)cc1Cc1ccc(O[C@@H]2CCOC2)cc1. The van der Waals surface area contributed by atoms with E-state index in [2.05, 4.69) is 58.7 Å². The Balaban J connectivity index is 1.28. The van der Waals surface area contributed by atoms with Crippen molar-refractivity contribution in [2.45, 2.75) is 18.9 Å². The second kappa shape index (κ2) is 9.95. The molecule has 3 aromatic rings. The van der Waals surface area contributed by atoms with Crippen LogP contribution in [0.1, 0.15) is 17.5 Å². The summed E-state index contributed by atoms with van der Waals surface area (Å²) in [6.07, 6.45) is 1.92. The van der Waals surface area contributed by atoms with Crippen LogP contribution in [-0.2, 0) is 11.2 Å². The first-order chi connectivity index (χ1) is 15.7. The number of hydrogen-bond donors (Lipinski definition) is 1. The van der Waals surface area contributed by atoms with Gasteiger partial charge in [-0.1, -0.05) is 41.9 Å². The number of ether oxygens (including phenoxy) is 2. The number of rotatable bonds is 6. The Hall–Kier alpha value is -2.53. The topological polar surface area (TPSA) is 33.7 Å². The van der Waals surface area contributed by atoms with Crippen LogP contribution in [0.4, 0.5) is 5.69 Å². The highest BCUT2D eigenvalue weighted by molar-refractivity contribution is 6.31. The van der Waals surface area contributed by atoms with Crippen LogP contribution in [0.5, 0.6) is 5.75 Å². The number of nitrogens with zero attached hydrogens (tertiary/aromatic N) is 1. The first kappa shape index (κ1) is 21.3. The summed E-state index contributed by atoms with van der Waals surface area (Å²) in [5, 5.41) is 4.21. The van der Waals surface area contributed by atoms with Crippen molar-refractivity contribution in [3.05, 3.63) is 82.9 Å². The number of anilines is 1. The molecule has 0 aliphatic carbocycles. The molecule has 2 aliphatic rings. The minimum atomic E-state index is 0.171. The van der Waals surface area contributed by atoms with Gasteiger partial charge < -0.3 is 19.7 Å². The minimum Gasteiger partial charge on any atom is -0.488 e. The van der Waals surface area contributed by atoms with E-state index in [1.807, 2.05) is 18.2 Å². The molecule has 1 N–H and O–H groups in total. The highest BCUT2D eigenvalue weighted by atomic mass is 35.5. The molecule has 5 rings (SSSR count). The van der Waals surface area contributed by atoms with Crippen LogP contribution in [0.3, 0.4) is 0 Å². The zero-order valence-electron chi connectivity index (χ0n) is 18.2. The zero-order chi connectivity index (χ0) is 21.8. The van der Waals surface area contributed by atoms with Crippen molar-refractivity contribution < 1.29 is 9.47 Å². The molecule has 0 amide bonds. The summed E-state index contributed by atoms with van der Waals surface area (Å²) in [5.74, 6) is 0.897. The van der Waals surface area contributed by atoms with Crippen molar-refractivity contribution in [1.29, 1.82) is 0 Å². The van der Waals surface area contributed by atoms with E-state index in [0.717, 1.165) is 62.0 Å². The Labute approximate surface area is 195 Å². The largest absolute Gasteiger partial charge is 0.488 e. The molecule has 0 saturated carbocycles. The lowest BCUT2D eigenvalue weighted by molar-refractivity contribution is 0.141. The van der Waals surface area contributed by atoms with Gasteiger partial charge in [-0.05, 0) is 65.1 Å². The highest BCUT2D eigenvalue weighted by Crippen LogP contribution is 2.29. The summed E-state index contributed by atoms with van der Waals surface area (Å²) in [6.45, 7) is 5.68. The van der Waals surface area contributed by atoms with Crippen LogP contribution in [-0.4, -0.2) is 45.5 Å². The van der Waals surface area contributed by atoms with Gasteiger partial charge in [-0.15, -0.1) is 0 Å². The lowest BCUT2D eigenvalue weighted by Gasteiger charge is -2.29. The summed E-state index contributed by atoms with van der Waals surface area (Å²) in [4.78, 5) is 2.43. The third-order valence-electron chi connectivity index (χ3n) is 6.24. The maximum absolute atomic E-state index is 6.55. The Morgan fingerprint density at radius 3 is 2.41 bits per heavy atom. The molecule has 0 radical (unpaired) electrons. The summed E-state index contributed by atoms with van der Waals surface area (Å²) in [5.41, 5.74) is 6.04. The lowest BCUT2D eigenvalue weighted by atomic mass is 9.98. The normalized spacial score (nSPS) is 18.7. The van der Waals surface area contributed by atoms with Gasteiger partial charge in [0.15, 0.2) is 0 Å². The second-order valence-corrected chi connectivity index (χ2v) is 8.92. The van der Waals surface area contributed by atoms with Crippen LogP contribution in [0, 0.1) is 0 Å². The molecule has 0 unspecified atom stereocenters. The Morgan fingerprint density at radius 1 is 0.938 bits per heavy atom. The molecule has 2 heterocycles. The summed E-state index contributed by atoms with van der Waals surface area (Å²) < 4.78 is 11.4. The molecule has 2 aliphatic heterocycles. The van der Waals surface area contributed by atoms with E-state index in [4.69, 9.17) is 21.1 Å². The zero-order valence-corrected chi connectivity index (χ0v) is 19.0. The monoisotopic (exact) mass is 448 g/mol. The number of benzene rings is 3. The van der Waals surface area contributed by atoms with Gasteiger partial charge in [0.1, 0.15) is 11.9 Å². The van der Waals surface area contributed by atoms with E-state index in [9.17, 15) is 0 Å². The second-order valence-electron chi connectivity index (χ2n) is 8.51. The third-order valence-corrected chi connectivity index (χ3v) is 6.61. The Kier molecular flexibility index (Phi) is 6.63. The quantitative estimate of drug-likeness (QED) is 0.563. The van der Waals surface area contributed by atoms with Gasteiger partial charge in [0.2, 0.25) is 0 Å². The molecule has 0 spiro atoms. The molecule has 3 aromatic carbocycles. The van der Waals surface area contributed by atoms with Crippen molar-refractivity contribution in [2.75, 3.05) is 44.3 Å². The fourth-order valence-electron chi connectivity index (χ4n) is 4.38. The van der Waals surface area contributed by atoms with Crippen LogP contribution in [0.15, 0.2) is 66.7 Å². The molecule has 166 valence electrons. The Morgan fingerprint density at radius 2 is 1.69 bits per heavy atom. The van der Waals surface area contributed by atoms with E-state index in [1.54, 1.807) is 0 Å². The molecule has 2 saturated heterocycles. The fourth-order valence-corrected chi connectivity index (χ4v) is 4.57. The molecule has 2 fully saturated rings. The number of nitrogens with one attached hydrogen (secondary N) is 1. The van der Waals surface area contributed by atoms with E-state index in [-0.39, 0.29) is 6.10 Å². The fraction of sp³-hybridized carbons (Fsp3) is 0.333. The predicted molar refractivity (Wildman–Crippen MR) is 131 cm³/mol. The lowest BCUT2D eigenvalue weighted by Crippen LogP contribution is -2.43.